The average Bonchev–Trinajstić information content (AvgIpc) is 2.36. The van der Waals surface area contributed by atoms with Gasteiger partial charge in [-0.3, -0.25) is 19.7 Å². The number of nitrogens with two attached hydrogens (primary N) is 1. The minimum absolute atomic E-state index is 0.0232. The molecule has 0 heterocycles. The van der Waals surface area contributed by atoms with Gasteiger partial charge in [0.2, 0.25) is 5.91 Å². The standard InChI is InChI=1S/C13H16FN3O4/c1-8(2)6-16(7-12(15)18)13(19)10-5-9(17(20)21)3-4-11(10)14/h3-5,8H,6-7H2,1-2H3,(H2,15,18). The van der Waals surface area contributed by atoms with E-state index in [1.54, 1.807) is 0 Å². The first-order valence-corrected chi connectivity index (χ1v) is 6.24. The minimum Gasteiger partial charge on any atom is -0.368 e. The summed E-state index contributed by atoms with van der Waals surface area (Å²) in [6.45, 7) is 3.43. The molecule has 1 aromatic carbocycles. The van der Waals surface area contributed by atoms with Crippen LogP contribution in [-0.4, -0.2) is 34.7 Å². The van der Waals surface area contributed by atoms with Gasteiger partial charge < -0.3 is 10.6 Å². The van der Waals surface area contributed by atoms with Crippen molar-refractivity contribution in [2.75, 3.05) is 13.1 Å². The van der Waals surface area contributed by atoms with Crippen LogP contribution in [-0.2, 0) is 4.79 Å². The lowest BCUT2D eigenvalue weighted by Gasteiger charge is -2.23. The van der Waals surface area contributed by atoms with E-state index < -0.39 is 33.8 Å². The summed E-state index contributed by atoms with van der Waals surface area (Å²) < 4.78 is 13.7. The van der Waals surface area contributed by atoms with E-state index in [1.807, 2.05) is 13.8 Å². The highest BCUT2D eigenvalue weighted by molar-refractivity contribution is 5.97. The highest BCUT2D eigenvalue weighted by atomic mass is 19.1. The van der Waals surface area contributed by atoms with E-state index in [1.165, 1.54) is 0 Å². The van der Waals surface area contributed by atoms with Gasteiger partial charge in [-0.15, -0.1) is 0 Å². The molecular formula is C13H16FN3O4. The summed E-state index contributed by atoms with van der Waals surface area (Å²) in [6.07, 6.45) is 0. The van der Waals surface area contributed by atoms with E-state index in [2.05, 4.69) is 0 Å². The van der Waals surface area contributed by atoms with Crippen LogP contribution in [0.5, 0.6) is 0 Å². The molecule has 0 radical (unpaired) electrons. The molecule has 1 rings (SSSR count). The Morgan fingerprint density at radius 3 is 2.52 bits per heavy atom. The van der Waals surface area contributed by atoms with Gasteiger partial charge in [0.1, 0.15) is 5.82 Å². The second-order valence-corrected chi connectivity index (χ2v) is 4.97. The van der Waals surface area contributed by atoms with Gasteiger partial charge in [0.15, 0.2) is 0 Å². The summed E-state index contributed by atoms with van der Waals surface area (Å²) >= 11 is 0. The molecule has 0 bridgehead atoms. The number of hydrogen-bond acceptors (Lipinski definition) is 4. The first-order chi connectivity index (χ1) is 9.72. The van der Waals surface area contributed by atoms with Gasteiger partial charge in [0.05, 0.1) is 17.0 Å². The molecule has 0 saturated heterocycles. The van der Waals surface area contributed by atoms with Gasteiger partial charge in [0, 0.05) is 18.7 Å². The molecule has 0 aromatic heterocycles. The zero-order valence-corrected chi connectivity index (χ0v) is 11.7. The van der Waals surface area contributed by atoms with Crippen LogP contribution in [0, 0.1) is 21.8 Å². The first kappa shape index (κ1) is 16.5. The fourth-order valence-electron chi connectivity index (χ4n) is 1.81. The molecule has 21 heavy (non-hydrogen) atoms. The quantitative estimate of drug-likeness (QED) is 0.631. The minimum atomic E-state index is -0.885. The zero-order chi connectivity index (χ0) is 16.2. The van der Waals surface area contributed by atoms with Crippen molar-refractivity contribution >= 4 is 17.5 Å². The molecular weight excluding hydrogens is 281 g/mol. The maximum atomic E-state index is 13.7. The molecule has 114 valence electrons. The zero-order valence-electron chi connectivity index (χ0n) is 11.7. The molecule has 7 nitrogen and oxygen atoms in total. The number of primary amides is 1. The fraction of sp³-hybridized carbons (Fsp3) is 0.385. The summed E-state index contributed by atoms with van der Waals surface area (Å²) in [5.41, 5.74) is 4.21. The Labute approximate surface area is 120 Å². The SMILES string of the molecule is CC(C)CN(CC(N)=O)C(=O)c1cc([N+](=O)[O-])ccc1F. The van der Waals surface area contributed by atoms with E-state index in [-0.39, 0.29) is 19.0 Å². The van der Waals surface area contributed by atoms with Gasteiger partial charge in [0.25, 0.3) is 11.6 Å². The number of nitro benzene ring substituents is 1. The van der Waals surface area contributed by atoms with E-state index in [0.717, 1.165) is 23.1 Å². The van der Waals surface area contributed by atoms with Crippen LogP contribution in [0.2, 0.25) is 0 Å². The number of amides is 2. The summed E-state index contributed by atoms with van der Waals surface area (Å²) in [4.78, 5) is 34.3. The van der Waals surface area contributed by atoms with E-state index >= 15 is 0 Å². The number of halogens is 1. The van der Waals surface area contributed by atoms with Crippen molar-refractivity contribution in [1.29, 1.82) is 0 Å². The Balaban J connectivity index is 3.15. The number of nitrogens with zero attached hydrogens (tertiary/aromatic N) is 2. The Bertz CT molecular complexity index is 575. The second kappa shape index (κ2) is 6.78. The van der Waals surface area contributed by atoms with Crippen molar-refractivity contribution in [2.45, 2.75) is 13.8 Å². The van der Waals surface area contributed by atoms with Gasteiger partial charge in [-0.1, -0.05) is 13.8 Å². The van der Waals surface area contributed by atoms with Crippen LogP contribution in [0.15, 0.2) is 18.2 Å². The Hall–Kier alpha value is -2.51. The number of rotatable bonds is 6. The van der Waals surface area contributed by atoms with Crippen molar-refractivity contribution in [1.82, 2.24) is 4.90 Å². The Morgan fingerprint density at radius 1 is 1.43 bits per heavy atom. The lowest BCUT2D eigenvalue weighted by Crippen LogP contribution is -2.40. The van der Waals surface area contributed by atoms with Crippen molar-refractivity contribution < 1.29 is 18.9 Å². The molecule has 2 N–H and O–H groups in total. The number of carbonyl (C=O) groups is 2. The van der Waals surface area contributed by atoms with Gasteiger partial charge >= 0.3 is 0 Å². The maximum absolute atomic E-state index is 13.7. The van der Waals surface area contributed by atoms with Gasteiger partial charge in [-0.2, -0.15) is 0 Å². The Morgan fingerprint density at radius 2 is 2.05 bits per heavy atom. The number of hydrogen-bond donors (Lipinski definition) is 1. The molecule has 0 fully saturated rings. The number of nitro groups is 1. The summed E-state index contributed by atoms with van der Waals surface area (Å²) in [7, 11) is 0. The lowest BCUT2D eigenvalue weighted by atomic mass is 10.1. The third-order valence-corrected chi connectivity index (χ3v) is 2.61. The van der Waals surface area contributed by atoms with Crippen molar-refractivity contribution in [3.8, 4) is 0 Å². The molecule has 0 aliphatic carbocycles. The van der Waals surface area contributed by atoms with E-state index in [9.17, 15) is 24.1 Å². The van der Waals surface area contributed by atoms with Gasteiger partial charge in [-0.05, 0) is 12.0 Å². The number of non-ortho nitro benzene ring substituents is 1. The largest absolute Gasteiger partial charge is 0.368 e. The maximum Gasteiger partial charge on any atom is 0.270 e. The Kier molecular flexibility index (Phi) is 5.34. The predicted octanol–water partition coefficient (Wildman–Crippen LogP) is 1.32. The van der Waals surface area contributed by atoms with Crippen LogP contribution in [0.25, 0.3) is 0 Å². The van der Waals surface area contributed by atoms with Crippen molar-refractivity contribution in [3.05, 3.63) is 39.7 Å². The third kappa shape index (κ3) is 4.51. The summed E-state index contributed by atoms with van der Waals surface area (Å²) in [5, 5.41) is 10.7. The molecule has 0 aliphatic rings. The lowest BCUT2D eigenvalue weighted by molar-refractivity contribution is -0.384. The normalized spacial score (nSPS) is 10.5. The van der Waals surface area contributed by atoms with Gasteiger partial charge in [-0.25, -0.2) is 4.39 Å². The van der Waals surface area contributed by atoms with Crippen LogP contribution >= 0.6 is 0 Å². The van der Waals surface area contributed by atoms with Crippen LogP contribution < -0.4 is 5.73 Å². The molecule has 0 atom stereocenters. The molecule has 0 unspecified atom stereocenters. The average molecular weight is 297 g/mol. The van der Waals surface area contributed by atoms with E-state index in [4.69, 9.17) is 5.73 Å². The first-order valence-electron chi connectivity index (χ1n) is 6.24. The molecule has 0 spiro atoms. The molecule has 0 saturated carbocycles. The fourth-order valence-corrected chi connectivity index (χ4v) is 1.81. The highest BCUT2D eigenvalue weighted by Gasteiger charge is 2.23. The highest BCUT2D eigenvalue weighted by Crippen LogP contribution is 2.19. The smallest absolute Gasteiger partial charge is 0.270 e. The van der Waals surface area contributed by atoms with Crippen molar-refractivity contribution in [3.63, 3.8) is 0 Å². The van der Waals surface area contributed by atoms with E-state index in [0.29, 0.717) is 0 Å². The third-order valence-electron chi connectivity index (χ3n) is 2.61. The second-order valence-electron chi connectivity index (χ2n) is 4.97. The molecule has 0 aliphatic heterocycles. The van der Waals surface area contributed by atoms with Crippen molar-refractivity contribution in [2.24, 2.45) is 11.7 Å². The number of carbonyl (C=O) groups excluding carboxylic acids is 2. The predicted molar refractivity (Wildman–Crippen MR) is 73.0 cm³/mol. The van der Waals surface area contributed by atoms with Crippen LogP contribution in [0.4, 0.5) is 10.1 Å². The molecule has 2 amide bonds. The summed E-state index contributed by atoms with van der Waals surface area (Å²) in [5.74, 6) is -2.41. The van der Waals surface area contributed by atoms with Crippen LogP contribution in [0.1, 0.15) is 24.2 Å². The topological polar surface area (TPSA) is 107 Å². The monoisotopic (exact) mass is 297 g/mol. The molecule has 8 heteroatoms. The molecule has 1 aromatic rings. The number of benzene rings is 1. The van der Waals surface area contributed by atoms with Crippen LogP contribution in [0.3, 0.4) is 0 Å². The summed E-state index contributed by atoms with van der Waals surface area (Å²) in [6, 6.07) is 2.67.